The van der Waals surface area contributed by atoms with E-state index in [0.717, 1.165) is 28.0 Å². The van der Waals surface area contributed by atoms with E-state index in [-0.39, 0.29) is 17.9 Å². The molecule has 2 atom stereocenters. The Labute approximate surface area is 146 Å². The smallest absolute Gasteiger partial charge is 0.156 e. The van der Waals surface area contributed by atoms with Crippen molar-refractivity contribution >= 4 is 22.7 Å². The highest BCUT2D eigenvalue weighted by molar-refractivity contribution is 7.99. The maximum atomic E-state index is 9.42. The van der Waals surface area contributed by atoms with E-state index in [1.54, 1.807) is 11.8 Å². The molecule has 0 aliphatic carbocycles. The lowest BCUT2D eigenvalue weighted by Crippen LogP contribution is -2.37. The van der Waals surface area contributed by atoms with Gasteiger partial charge in [0.2, 0.25) is 0 Å². The van der Waals surface area contributed by atoms with E-state index in [1.807, 2.05) is 54.5 Å². The highest BCUT2D eigenvalue weighted by Crippen LogP contribution is 2.29. The molecule has 6 heteroatoms. The third-order valence-corrected chi connectivity index (χ3v) is 5.38. The van der Waals surface area contributed by atoms with Crippen molar-refractivity contribution in [1.29, 1.82) is 0 Å². The minimum atomic E-state index is 0.165. The zero-order chi connectivity index (χ0) is 17.1. The van der Waals surface area contributed by atoms with E-state index in [4.69, 9.17) is 4.42 Å². The third kappa shape index (κ3) is 3.50. The van der Waals surface area contributed by atoms with Gasteiger partial charge in [-0.1, -0.05) is 18.2 Å². The van der Waals surface area contributed by atoms with Crippen LogP contribution in [0.5, 0.6) is 0 Å². The molecule has 0 saturated heterocycles. The predicted octanol–water partition coefficient (Wildman–Crippen LogP) is 3.04. The molecule has 2 aromatic heterocycles. The van der Waals surface area contributed by atoms with Crippen LogP contribution in [0, 0.1) is 0 Å². The van der Waals surface area contributed by atoms with Gasteiger partial charge in [-0.2, -0.15) is 16.9 Å². The average molecular weight is 345 g/mol. The molecule has 0 amide bonds. The molecule has 0 spiro atoms. The maximum Gasteiger partial charge on any atom is 0.156 e. The largest absolute Gasteiger partial charge is 0.454 e. The van der Waals surface area contributed by atoms with E-state index < -0.39 is 0 Å². The molecule has 128 valence electrons. The highest BCUT2D eigenvalue weighted by Gasteiger charge is 2.18. The summed E-state index contributed by atoms with van der Waals surface area (Å²) < 4.78 is 7.76. The first-order valence-electron chi connectivity index (χ1n) is 8.01. The number of aromatic nitrogens is 2. The van der Waals surface area contributed by atoms with E-state index in [0.29, 0.717) is 6.54 Å². The van der Waals surface area contributed by atoms with Crippen LogP contribution in [-0.4, -0.2) is 39.0 Å². The highest BCUT2D eigenvalue weighted by atomic mass is 32.2. The van der Waals surface area contributed by atoms with Gasteiger partial charge in [-0.15, -0.1) is 0 Å². The summed E-state index contributed by atoms with van der Waals surface area (Å²) in [5.74, 6) is 0.782. The summed E-state index contributed by atoms with van der Waals surface area (Å²) >= 11 is 1.67. The molecular weight excluding hydrogens is 322 g/mol. The number of rotatable bonds is 7. The Bertz CT molecular complexity index is 775. The summed E-state index contributed by atoms with van der Waals surface area (Å²) in [7, 11) is 1.91. The van der Waals surface area contributed by atoms with Crippen LogP contribution < -0.4 is 5.32 Å². The van der Waals surface area contributed by atoms with Crippen molar-refractivity contribution in [2.24, 2.45) is 7.05 Å². The normalized spacial score (nSPS) is 14.2. The minimum absolute atomic E-state index is 0.165. The fraction of sp³-hybridized carbons (Fsp3) is 0.389. The number of hydrogen-bond acceptors (Lipinski definition) is 5. The van der Waals surface area contributed by atoms with Crippen molar-refractivity contribution in [2.45, 2.75) is 24.8 Å². The Morgan fingerprint density at radius 2 is 2.17 bits per heavy atom. The van der Waals surface area contributed by atoms with Gasteiger partial charge >= 0.3 is 0 Å². The molecule has 0 fully saturated rings. The number of furan rings is 1. The van der Waals surface area contributed by atoms with Gasteiger partial charge in [0.05, 0.1) is 6.61 Å². The van der Waals surface area contributed by atoms with Crippen LogP contribution in [0.1, 0.15) is 12.5 Å². The molecule has 0 aliphatic rings. The molecule has 5 nitrogen and oxygen atoms in total. The van der Waals surface area contributed by atoms with Crippen LogP contribution in [-0.2, 0) is 13.6 Å². The quantitative estimate of drug-likeness (QED) is 0.689. The first kappa shape index (κ1) is 17.1. The summed E-state index contributed by atoms with van der Waals surface area (Å²) in [5, 5.41) is 18.7. The Kier molecular flexibility index (Phi) is 5.28. The molecule has 0 aliphatic heterocycles. The number of nitrogens with zero attached hydrogens (tertiary/aromatic N) is 2. The fourth-order valence-corrected chi connectivity index (χ4v) is 3.47. The summed E-state index contributed by atoms with van der Waals surface area (Å²) in [5.41, 5.74) is 2.81. The number of thioether (sulfide) groups is 1. The van der Waals surface area contributed by atoms with Crippen molar-refractivity contribution in [3.63, 3.8) is 0 Å². The lowest BCUT2D eigenvalue weighted by molar-refractivity contribution is 0.276. The van der Waals surface area contributed by atoms with Crippen molar-refractivity contribution in [2.75, 3.05) is 12.9 Å². The number of aryl methyl sites for hydroxylation is 1. The van der Waals surface area contributed by atoms with Crippen molar-refractivity contribution in [3.05, 3.63) is 42.1 Å². The van der Waals surface area contributed by atoms with Crippen LogP contribution in [0.3, 0.4) is 0 Å². The number of hydrogen-bond donors (Lipinski definition) is 2. The molecule has 24 heavy (non-hydrogen) atoms. The Morgan fingerprint density at radius 1 is 1.38 bits per heavy atom. The number of para-hydroxylation sites is 1. The second-order valence-electron chi connectivity index (χ2n) is 5.95. The SMILES string of the molecule is CSC(CO)C(C)NCc1cn(C)nc1-c1cc2ccccc2o1. The number of aliphatic hydroxyl groups excluding tert-OH is 1. The fourth-order valence-electron chi connectivity index (χ4n) is 2.81. The Hall–Kier alpha value is -1.76. The van der Waals surface area contributed by atoms with Crippen molar-refractivity contribution in [3.8, 4) is 11.5 Å². The van der Waals surface area contributed by atoms with Crippen molar-refractivity contribution in [1.82, 2.24) is 15.1 Å². The number of nitrogens with one attached hydrogen (secondary N) is 1. The summed E-state index contributed by atoms with van der Waals surface area (Å²) in [4.78, 5) is 0. The summed E-state index contributed by atoms with van der Waals surface area (Å²) in [6, 6.07) is 10.2. The molecule has 2 unspecified atom stereocenters. The minimum Gasteiger partial charge on any atom is -0.454 e. The van der Waals surface area contributed by atoms with E-state index in [9.17, 15) is 5.11 Å². The number of benzene rings is 1. The topological polar surface area (TPSA) is 63.2 Å². The predicted molar refractivity (Wildman–Crippen MR) is 99.1 cm³/mol. The summed E-state index contributed by atoms with van der Waals surface area (Å²) in [6.45, 7) is 2.94. The third-order valence-electron chi connectivity index (χ3n) is 4.22. The standard InChI is InChI=1S/C18H23N3O2S/c1-12(17(11-22)24-3)19-9-14-10-21(2)20-18(14)16-8-13-6-4-5-7-15(13)23-16/h4-8,10,12,17,19,22H,9,11H2,1-3H3. The Morgan fingerprint density at radius 3 is 2.88 bits per heavy atom. The van der Waals surface area contributed by atoms with Gasteiger partial charge in [-0.25, -0.2) is 0 Å². The molecule has 1 aromatic carbocycles. The van der Waals surface area contributed by atoms with Gasteiger partial charge in [0.15, 0.2) is 5.76 Å². The molecule has 0 radical (unpaired) electrons. The van der Waals surface area contributed by atoms with E-state index in [1.165, 1.54) is 0 Å². The second kappa shape index (κ2) is 7.42. The molecule has 2 N–H and O–H groups in total. The van der Waals surface area contributed by atoms with Crippen LogP contribution in [0.15, 0.2) is 40.9 Å². The molecule has 3 rings (SSSR count). The van der Waals surface area contributed by atoms with Crippen LogP contribution in [0.4, 0.5) is 0 Å². The molecule has 0 bridgehead atoms. The van der Waals surface area contributed by atoms with Gasteiger partial charge < -0.3 is 14.8 Å². The van der Waals surface area contributed by atoms with Crippen molar-refractivity contribution < 1.29 is 9.52 Å². The van der Waals surface area contributed by atoms with Gasteiger partial charge in [0, 0.05) is 42.0 Å². The monoisotopic (exact) mass is 345 g/mol. The van der Waals surface area contributed by atoms with Gasteiger partial charge in [-0.3, -0.25) is 4.68 Å². The van der Waals surface area contributed by atoms with Crippen LogP contribution in [0.2, 0.25) is 0 Å². The average Bonchev–Trinajstić information content (AvgIpc) is 3.16. The van der Waals surface area contributed by atoms with Gasteiger partial charge in [0.1, 0.15) is 11.3 Å². The first-order chi connectivity index (χ1) is 11.6. The molecule has 3 aromatic rings. The first-order valence-corrected chi connectivity index (χ1v) is 9.29. The lowest BCUT2D eigenvalue weighted by atomic mass is 10.1. The summed E-state index contributed by atoms with van der Waals surface area (Å²) in [6.07, 6.45) is 4.03. The maximum absolute atomic E-state index is 9.42. The van der Waals surface area contributed by atoms with E-state index in [2.05, 4.69) is 17.3 Å². The van der Waals surface area contributed by atoms with Crippen LogP contribution >= 0.6 is 11.8 Å². The number of fused-ring (bicyclic) bond motifs is 1. The molecule has 2 heterocycles. The molecular formula is C18H23N3O2S. The molecule has 0 saturated carbocycles. The zero-order valence-electron chi connectivity index (χ0n) is 14.2. The van der Waals surface area contributed by atoms with E-state index >= 15 is 0 Å². The van der Waals surface area contributed by atoms with Crippen LogP contribution in [0.25, 0.3) is 22.4 Å². The lowest BCUT2D eigenvalue weighted by Gasteiger charge is -2.21. The van der Waals surface area contributed by atoms with Gasteiger partial charge in [0.25, 0.3) is 0 Å². The zero-order valence-corrected chi connectivity index (χ0v) is 15.0. The Balaban J connectivity index is 1.82. The van der Waals surface area contributed by atoms with Gasteiger partial charge in [-0.05, 0) is 25.3 Å². The number of aliphatic hydroxyl groups is 1. The second-order valence-corrected chi connectivity index (χ2v) is 7.03.